The minimum atomic E-state index is -0.360. The molecular formula is C5H4ClNOS. The summed E-state index contributed by atoms with van der Waals surface area (Å²) in [6.07, 6.45) is 0.241. The second-order valence-corrected chi connectivity index (χ2v) is 2.65. The van der Waals surface area contributed by atoms with Crippen LogP contribution in [0, 0.1) is 0 Å². The van der Waals surface area contributed by atoms with Crippen LogP contribution >= 0.6 is 22.9 Å². The third kappa shape index (κ3) is 2.11. The molecule has 0 bridgehead atoms. The Hall–Kier alpha value is -0.410. The fourth-order valence-corrected chi connectivity index (χ4v) is 1.16. The van der Waals surface area contributed by atoms with Gasteiger partial charge in [-0.05, 0) is 11.6 Å². The quantitative estimate of drug-likeness (QED) is 0.615. The third-order valence-electron chi connectivity index (χ3n) is 0.804. The average molecular weight is 162 g/mol. The highest BCUT2D eigenvalue weighted by Crippen LogP contribution is 2.02. The van der Waals surface area contributed by atoms with Crippen molar-refractivity contribution in [2.75, 3.05) is 0 Å². The Kier molecular flexibility index (Phi) is 2.19. The van der Waals surface area contributed by atoms with Crippen molar-refractivity contribution < 1.29 is 4.79 Å². The minimum absolute atomic E-state index is 0.241. The van der Waals surface area contributed by atoms with E-state index in [-0.39, 0.29) is 11.7 Å². The second-order valence-electron chi connectivity index (χ2n) is 1.51. The van der Waals surface area contributed by atoms with E-state index in [1.54, 1.807) is 10.9 Å². The van der Waals surface area contributed by atoms with Crippen LogP contribution in [-0.2, 0) is 11.2 Å². The standard InChI is InChI=1S/C5H4ClNOS/c6-5(8)1-4-2-9-3-7-4/h2-3H,1H2. The van der Waals surface area contributed by atoms with E-state index in [9.17, 15) is 4.79 Å². The lowest BCUT2D eigenvalue weighted by Crippen LogP contribution is -1.92. The van der Waals surface area contributed by atoms with Crippen LogP contribution in [0.3, 0.4) is 0 Å². The van der Waals surface area contributed by atoms with Crippen molar-refractivity contribution in [2.24, 2.45) is 0 Å². The van der Waals surface area contributed by atoms with Crippen molar-refractivity contribution in [1.29, 1.82) is 0 Å². The monoisotopic (exact) mass is 161 g/mol. The van der Waals surface area contributed by atoms with Crippen molar-refractivity contribution >= 4 is 28.2 Å². The first-order valence-electron chi connectivity index (χ1n) is 2.34. The lowest BCUT2D eigenvalue weighted by Gasteiger charge is -1.83. The molecule has 1 heterocycles. The van der Waals surface area contributed by atoms with Gasteiger partial charge in [-0.2, -0.15) is 0 Å². The van der Waals surface area contributed by atoms with Gasteiger partial charge < -0.3 is 0 Å². The Balaban J connectivity index is 2.58. The van der Waals surface area contributed by atoms with E-state index in [1.165, 1.54) is 11.3 Å². The van der Waals surface area contributed by atoms with Crippen LogP contribution in [0.5, 0.6) is 0 Å². The van der Waals surface area contributed by atoms with Gasteiger partial charge in [-0.15, -0.1) is 11.3 Å². The molecule has 0 unspecified atom stereocenters. The SMILES string of the molecule is O=C(Cl)Cc1cscn1. The Morgan fingerprint density at radius 1 is 1.89 bits per heavy atom. The lowest BCUT2D eigenvalue weighted by atomic mass is 10.4. The number of carbonyl (C=O) groups excluding carboxylic acids is 1. The summed E-state index contributed by atoms with van der Waals surface area (Å²) in [6.45, 7) is 0. The maximum Gasteiger partial charge on any atom is 0.227 e. The van der Waals surface area contributed by atoms with Gasteiger partial charge in [0.05, 0.1) is 17.6 Å². The Bertz CT molecular complexity index is 197. The number of aromatic nitrogens is 1. The maximum absolute atomic E-state index is 10.2. The van der Waals surface area contributed by atoms with E-state index in [1.807, 2.05) is 0 Å². The molecule has 0 spiro atoms. The number of hydrogen-bond acceptors (Lipinski definition) is 3. The molecule has 48 valence electrons. The summed E-state index contributed by atoms with van der Waals surface area (Å²) >= 11 is 6.55. The summed E-state index contributed by atoms with van der Waals surface area (Å²) < 4.78 is 0. The average Bonchev–Trinajstić information content (AvgIpc) is 2.15. The smallest absolute Gasteiger partial charge is 0.227 e. The molecule has 1 aromatic heterocycles. The highest BCUT2D eigenvalue weighted by Gasteiger charge is 1.99. The summed E-state index contributed by atoms with van der Waals surface area (Å²) in [7, 11) is 0. The molecule has 0 atom stereocenters. The van der Waals surface area contributed by atoms with Gasteiger partial charge in [0.15, 0.2) is 0 Å². The number of thiazole rings is 1. The zero-order valence-corrected chi connectivity index (χ0v) is 6.08. The van der Waals surface area contributed by atoms with Crippen molar-refractivity contribution in [2.45, 2.75) is 6.42 Å². The Morgan fingerprint density at radius 3 is 3.11 bits per heavy atom. The molecule has 0 radical (unpaired) electrons. The number of halogens is 1. The predicted octanol–water partition coefficient (Wildman–Crippen LogP) is 1.45. The van der Waals surface area contributed by atoms with Crippen LogP contribution in [0.2, 0.25) is 0 Å². The first-order chi connectivity index (χ1) is 4.29. The lowest BCUT2D eigenvalue weighted by molar-refractivity contribution is -0.111. The van der Waals surface area contributed by atoms with E-state index >= 15 is 0 Å². The molecule has 0 saturated heterocycles. The van der Waals surface area contributed by atoms with Gasteiger partial charge in [0, 0.05) is 5.38 Å². The Labute approximate surface area is 61.5 Å². The zero-order chi connectivity index (χ0) is 6.69. The van der Waals surface area contributed by atoms with Crippen molar-refractivity contribution in [3.63, 3.8) is 0 Å². The van der Waals surface area contributed by atoms with Gasteiger partial charge in [-0.1, -0.05) is 0 Å². The van der Waals surface area contributed by atoms with Crippen LogP contribution in [-0.4, -0.2) is 10.2 Å². The first-order valence-corrected chi connectivity index (χ1v) is 3.66. The van der Waals surface area contributed by atoms with Crippen molar-refractivity contribution in [3.8, 4) is 0 Å². The molecule has 2 nitrogen and oxygen atoms in total. The number of nitrogens with zero attached hydrogens (tertiary/aromatic N) is 1. The molecule has 0 fully saturated rings. The van der Waals surface area contributed by atoms with E-state index in [4.69, 9.17) is 11.6 Å². The predicted molar refractivity (Wildman–Crippen MR) is 36.7 cm³/mol. The van der Waals surface area contributed by atoms with Crippen LogP contribution in [0.1, 0.15) is 5.69 Å². The summed E-state index contributed by atoms with van der Waals surface area (Å²) in [5, 5.41) is 1.45. The molecule has 0 aliphatic carbocycles. The molecule has 0 aliphatic rings. The summed E-state index contributed by atoms with van der Waals surface area (Å²) in [5.41, 5.74) is 2.43. The number of hydrogen-bond donors (Lipinski definition) is 0. The highest BCUT2D eigenvalue weighted by atomic mass is 35.5. The van der Waals surface area contributed by atoms with Crippen LogP contribution < -0.4 is 0 Å². The molecule has 0 amide bonds. The van der Waals surface area contributed by atoms with E-state index in [0.29, 0.717) is 0 Å². The van der Waals surface area contributed by atoms with Crippen LogP contribution in [0.15, 0.2) is 10.9 Å². The van der Waals surface area contributed by atoms with E-state index < -0.39 is 0 Å². The molecule has 1 aromatic rings. The molecule has 4 heteroatoms. The summed E-state index contributed by atoms with van der Waals surface area (Å²) in [4.78, 5) is 14.1. The van der Waals surface area contributed by atoms with Gasteiger partial charge in [-0.25, -0.2) is 4.98 Å². The molecule has 0 saturated carbocycles. The maximum atomic E-state index is 10.2. The molecule has 9 heavy (non-hydrogen) atoms. The topological polar surface area (TPSA) is 30.0 Å². The van der Waals surface area contributed by atoms with Gasteiger partial charge in [0.25, 0.3) is 0 Å². The normalized spacial score (nSPS) is 9.44. The van der Waals surface area contributed by atoms with E-state index in [2.05, 4.69) is 4.98 Å². The summed E-state index contributed by atoms with van der Waals surface area (Å²) in [6, 6.07) is 0. The van der Waals surface area contributed by atoms with Gasteiger partial charge in [0.2, 0.25) is 5.24 Å². The fraction of sp³-hybridized carbons (Fsp3) is 0.200. The molecule has 0 aromatic carbocycles. The highest BCUT2D eigenvalue weighted by molar-refractivity contribution is 7.07. The third-order valence-corrected chi connectivity index (χ3v) is 1.57. The van der Waals surface area contributed by atoms with Crippen LogP contribution in [0.25, 0.3) is 0 Å². The fourth-order valence-electron chi connectivity index (χ4n) is 0.467. The number of carbonyl (C=O) groups is 1. The molecule has 1 rings (SSSR count). The van der Waals surface area contributed by atoms with Gasteiger partial charge in [-0.3, -0.25) is 4.79 Å². The zero-order valence-electron chi connectivity index (χ0n) is 4.50. The molecular weight excluding hydrogens is 158 g/mol. The minimum Gasteiger partial charge on any atom is -0.281 e. The van der Waals surface area contributed by atoms with Gasteiger partial charge >= 0.3 is 0 Å². The molecule has 0 aliphatic heterocycles. The first kappa shape index (κ1) is 6.71. The second kappa shape index (κ2) is 2.94. The molecule has 0 N–H and O–H groups in total. The summed E-state index contributed by atoms with van der Waals surface area (Å²) in [5.74, 6) is 0. The van der Waals surface area contributed by atoms with Gasteiger partial charge in [0.1, 0.15) is 0 Å². The van der Waals surface area contributed by atoms with E-state index in [0.717, 1.165) is 5.69 Å². The van der Waals surface area contributed by atoms with Crippen LogP contribution in [0.4, 0.5) is 0 Å². The Morgan fingerprint density at radius 2 is 2.67 bits per heavy atom. The number of rotatable bonds is 2. The van der Waals surface area contributed by atoms with Crippen molar-refractivity contribution in [1.82, 2.24) is 4.98 Å². The largest absolute Gasteiger partial charge is 0.281 e. The van der Waals surface area contributed by atoms with Crippen molar-refractivity contribution in [3.05, 3.63) is 16.6 Å².